The SMILES string of the molecule is c1cc(C2CCNN2)ccn1. The highest BCUT2D eigenvalue weighted by Crippen LogP contribution is 2.16. The van der Waals surface area contributed by atoms with Gasteiger partial charge in [0.05, 0.1) is 0 Å². The summed E-state index contributed by atoms with van der Waals surface area (Å²) >= 11 is 0. The highest BCUT2D eigenvalue weighted by atomic mass is 15.4. The summed E-state index contributed by atoms with van der Waals surface area (Å²) in [6.45, 7) is 1.05. The first-order valence-corrected chi connectivity index (χ1v) is 3.85. The van der Waals surface area contributed by atoms with Gasteiger partial charge >= 0.3 is 0 Å². The van der Waals surface area contributed by atoms with E-state index in [1.807, 2.05) is 24.5 Å². The lowest BCUT2D eigenvalue weighted by molar-refractivity contribution is 0.580. The second-order valence-electron chi connectivity index (χ2n) is 2.69. The molecule has 0 bridgehead atoms. The molecule has 0 spiro atoms. The minimum atomic E-state index is 0.470. The molecule has 1 fully saturated rings. The maximum Gasteiger partial charge on any atom is 0.0476 e. The van der Waals surface area contributed by atoms with Gasteiger partial charge in [0, 0.05) is 25.0 Å². The minimum absolute atomic E-state index is 0.470. The Bertz CT molecular complexity index is 216. The van der Waals surface area contributed by atoms with Crippen molar-refractivity contribution in [2.45, 2.75) is 12.5 Å². The number of hydrazine groups is 1. The van der Waals surface area contributed by atoms with E-state index in [2.05, 4.69) is 15.8 Å². The molecule has 1 aliphatic heterocycles. The van der Waals surface area contributed by atoms with Crippen LogP contribution in [0.25, 0.3) is 0 Å². The molecule has 2 heterocycles. The lowest BCUT2D eigenvalue weighted by Gasteiger charge is -2.07. The van der Waals surface area contributed by atoms with Gasteiger partial charge in [-0.1, -0.05) is 0 Å². The van der Waals surface area contributed by atoms with Crippen molar-refractivity contribution >= 4 is 0 Å². The predicted octanol–water partition coefficient (Wildman–Crippen LogP) is 0.621. The van der Waals surface area contributed by atoms with Crippen LogP contribution < -0.4 is 10.9 Å². The molecule has 1 atom stereocenters. The third kappa shape index (κ3) is 1.39. The van der Waals surface area contributed by atoms with Gasteiger partial charge in [-0.15, -0.1) is 0 Å². The quantitative estimate of drug-likeness (QED) is 0.614. The number of hydrogen-bond donors (Lipinski definition) is 2. The Balaban J connectivity index is 2.16. The van der Waals surface area contributed by atoms with E-state index in [0.29, 0.717) is 6.04 Å². The summed E-state index contributed by atoms with van der Waals surface area (Å²) in [5, 5.41) is 0. The summed E-state index contributed by atoms with van der Waals surface area (Å²) in [6, 6.07) is 4.56. The Hall–Kier alpha value is -0.930. The van der Waals surface area contributed by atoms with Crippen molar-refractivity contribution in [1.82, 2.24) is 15.8 Å². The number of aromatic nitrogens is 1. The molecule has 11 heavy (non-hydrogen) atoms. The Morgan fingerprint density at radius 3 is 2.82 bits per heavy atom. The highest BCUT2D eigenvalue weighted by molar-refractivity contribution is 5.15. The van der Waals surface area contributed by atoms with Crippen molar-refractivity contribution in [1.29, 1.82) is 0 Å². The number of nitrogens with one attached hydrogen (secondary N) is 2. The zero-order valence-corrected chi connectivity index (χ0v) is 6.25. The van der Waals surface area contributed by atoms with Crippen molar-refractivity contribution in [3.05, 3.63) is 30.1 Å². The smallest absolute Gasteiger partial charge is 0.0476 e. The highest BCUT2D eigenvalue weighted by Gasteiger charge is 2.14. The second kappa shape index (κ2) is 2.98. The van der Waals surface area contributed by atoms with Gasteiger partial charge in [-0.25, -0.2) is 0 Å². The fraction of sp³-hybridized carbons (Fsp3) is 0.375. The van der Waals surface area contributed by atoms with E-state index in [1.54, 1.807) is 0 Å². The van der Waals surface area contributed by atoms with Gasteiger partial charge < -0.3 is 0 Å². The molecule has 0 amide bonds. The van der Waals surface area contributed by atoms with Crippen LogP contribution in [0.4, 0.5) is 0 Å². The minimum Gasteiger partial charge on any atom is -0.265 e. The van der Waals surface area contributed by atoms with Crippen molar-refractivity contribution in [2.24, 2.45) is 0 Å². The van der Waals surface area contributed by atoms with E-state index < -0.39 is 0 Å². The van der Waals surface area contributed by atoms with E-state index in [0.717, 1.165) is 13.0 Å². The molecule has 58 valence electrons. The summed E-state index contributed by atoms with van der Waals surface area (Å²) < 4.78 is 0. The Morgan fingerprint density at radius 1 is 1.36 bits per heavy atom. The summed E-state index contributed by atoms with van der Waals surface area (Å²) in [5.41, 5.74) is 7.61. The third-order valence-corrected chi connectivity index (χ3v) is 1.94. The molecule has 1 saturated heterocycles. The van der Waals surface area contributed by atoms with Crippen LogP contribution in [-0.2, 0) is 0 Å². The Labute approximate surface area is 65.8 Å². The molecular formula is C8H11N3. The molecule has 0 aliphatic carbocycles. The van der Waals surface area contributed by atoms with Gasteiger partial charge in [-0.3, -0.25) is 15.8 Å². The Kier molecular flexibility index (Phi) is 1.83. The summed E-state index contributed by atoms with van der Waals surface area (Å²) in [7, 11) is 0. The van der Waals surface area contributed by atoms with Crippen LogP contribution in [0, 0.1) is 0 Å². The third-order valence-electron chi connectivity index (χ3n) is 1.94. The van der Waals surface area contributed by atoms with Crippen LogP contribution in [0.15, 0.2) is 24.5 Å². The molecule has 3 nitrogen and oxygen atoms in total. The zero-order chi connectivity index (χ0) is 7.52. The van der Waals surface area contributed by atoms with Crippen molar-refractivity contribution in [2.75, 3.05) is 6.54 Å². The molecular weight excluding hydrogens is 138 g/mol. The molecule has 0 saturated carbocycles. The van der Waals surface area contributed by atoms with Gasteiger partial charge in [0.1, 0.15) is 0 Å². The number of hydrogen-bond acceptors (Lipinski definition) is 3. The molecule has 1 unspecified atom stereocenters. The van der Waals surface area contributed by atoms with Crippen LogP contribution in [0.2, 0.25) is 0 Å². The van der Waals surface area contributed by atoms with Gasteiger partial charge in [-0.2, -0.15) is 0 Å². The summed E-state index contributed by atoms with van der Waals surface area (Å²) in [4.78, 5) is 3.97. The zero-order valence-electron chi connectivity index (χ0n) is 6.25. The maximum absolute atomic E-state index is 3.97. The monoisotopic (exact) mass is 149 g/mol. The second-order valence-corrected chi connectivity index (χ2v) is 2.69. The molecule has 1 aromatic heterocycles. The first kappa shape index (κ1) is 6.76. The van der Waals surface area contributed by atoms with E-state index in [9.17, 15) is 0 Å². The largest absolute Gasteiger partial charge is 0.265 e. The first-order valence-electron chi connectivity index (χ1n) is 3.85. The summed E-state index contributed by atoms with van der Waals surface area (Å²) in [5.74, 6) is 0. The van der Waals surface area contributed by atoms with Crippen LogP contribution in [-0.4, -0.2) is 11.5 Å². The van der Waals surface area contributed by atoms with E-state index in [-0.39, 0.29) is 0 Å². The first-order chi connectivity index (χ1) is 5.47. The fourth-order valence-corrected chi connectivity index (χ4v) is 1.33. The summed E-state index contributed by atoms with van der Waals surface area (Å²) in [6.07, 6.45) is 4.81. The average molecular weight is 149 g/mol. The normalized spacial score (nSPS) is 23.8. The predicted molar refractivity (Wildman–Crippen MR) is 42.7 cm³/mol. The van der Waals surface area contributed by atoms with Crippen LogP contribution >= 0.6 is 0 Å². The molecule has 0 radical (unpaired) electrons. The van der Waals surface area contributed by atoms with Gasteiger partial charge in [0.2, 0.25) is 0 Å². The number of pyridine rings is 1. The fourth-order valence-electron chi connectivity index (χ4n) is 1.33. The molecule has 1 aliphatic rings. The van der Waals surface area contributed by atoms with Crippen molar-refractivity contribution in [3.8, 4) is 0 Å². The van der Waals surface area contributed by atoms with Crippen LogP contribution in [0.1, 0.15) is 18.0 Å². The van der Waals surface area contributed by atoms with Crippen LogP contribution in [0.5, 0.6) is 0 Å². The standard InChI is InChI=1S/C8H11N3/c1-4-9-5-2-7(1)8-3-6-10-11-8/h1-2,4-5,8,10-11H,3,6H2. The van der Waals surface area contributed by atoms with E-state index in [4.69, 9.17) is 0 Å². The van der Waals surface area contributed by atoms with Crippen molar-refractivity contribution in [3.63, 3.8) is 0 Å². The molecule has 2 N–H and O–H groups in total. The molecule has 1 aromatic rings. The lowest BCUT2D eigenvalue weighted by Crippen LogP contribution is -2.24. The topological polar surface area (TPSA) is 37.0 Å². The lowest BCUT2D eigenvalue weighted by atomic mass is 10.1. The number of nitrogens with zero attached hydrogens (tertiary/aromatic N) is 1. The average Bonchev–Trinajstić information content (AvgIpc) is 2.58. The van der Waals surface area contributed by atoms with Gasteiger partial charge in [0.25, 0.3) is 0 Å². The molecule has 2 rings (SSSR count). The van der Waals surface area contributed by atoms with Crippen LogP contribution in [0.3, 0.4) is 0 Å². The molecule has 0 aromatic carbocycles. The van der Waals surface area contributed by atoms with E-state index >= 15 is 0 Å². The van der Waals surface area contributed by atoms with Crippen molar-refractivity contribution < 1.29 is 0 Å². The van der Waals surface area contributed by atoms with E-state index in [1.165, 1.54) is 5.56 Å². The maximum atomic E-state index is 3.97. The Morgan fingerprint density at radius 2 is 2.18 bits per heavy atom. The van der Waals surface area contributed by atoms with Gasteiger partial charge in [0.15, 0.2) is 0 Å². The van der Waals surface area contributed by atoms with Gasteiger partial charge in [-0.05, 0) is 24.1 Å². The number of rotatable bonds is 1. The molecule has 3 heteroatoms.